The van der Waals surface area contributed by atoms with Crippen molar-refractivity contribution in [3.8, 4) is 0 Å². The maximum atomic E-state index is 5.90. The van der Waals surface area contributed by atoms with Gasteiger partial charge < -0.3 is 5.32 Å². The first-order chi connectivity index (χ1) is 8.26. The van der Waals surface area contributed by atoms with E-state index in [2.05, 4.69) is 25.2 Å². The summed E-state index contributed by atoms with van der Waals surface area (Å²) >= 11 is 7.59. The van der Waals surface area contributed by atoms with Gasteiger partial charge in [-0.05, 0) is 44.0 Å². The Bertz CT molecular complexity index is 298. The van der Waals surface area contributed by atoms with Crippen LogP contribution in [0.2, 0.25) is 4.34 Å². The van der Waals surface area contributed by atoms with E-state index in [9.17, 15) is 0 Å². The average molecular weight is 274 g/mol. The molecule has 1 nitrogen and oxygen atoms in total. The Hall–Kier alpha value is -0.0500. The molecule has 1 aromatic rings. The van der Waals surface area contributed by atoms with E-state index in [1.807, 2.05) is 6.07 Å². The molecular formula is C14H24ClNS. The monoisotopic (exact) mass is 273 g/mol. The first-order valence-electron chi connectivity index (χ1n) is 6.71. The maximum Gasteiger partial charge on any atom is 0.0931 e. The van der Waals surface area contributed by atoms with E-state index >= 15 is 0 Å². The molecule has 3 heteroatoms. The summed E-state index contributed by atoms with van der Waals surface area (Å²) in [6, 6.07) is 4.11. The van der Waals surface area contributed by atoms with Crippen molar-refractivity contribution >= 4 is 22.9 Å². The topological polar surface area (TPSA) is 12.0 Å². The number of rotatable bonds is 9. The zero-order valence-electron chi connectivity index (χ0n) is 11.0. The van der Waals surface area contributed by atoms with Gasteiger partial charge in [-0.25, -0.2) is 0 Å². The molecule has 1 unspecified atom stereocenters. The van der Waals surface area contributed by atoms with Gasteiger partial charge in [0.25, 0.3) is 0 Å². The number of halogens is 1. The summed E-state index contributed by atoms with van der Waals surface area (Å²) in [6.45, 7) is 6.79. The average Bonchev–Trinajstić information content (AvgIpc) is 2.74. The van der Waals surface area contributed by atoms with Crippen molar-refractivity contribution in [2.75, 3.05) is 13.1 Å². The fourth-order valence-electron chi connectivity index (χ4n) is 1.95. The van der Waals surface area contributed by atoms with Crippen LogP contribution in [0.25, 0.3) is 0 Å². The smallest absolute Gasteiger partial charge is 0.0931 e. The third kappa shape index (κ3) is 6.44. The lowest BCUT2D eigenvalue weighted by Crippen LogP contribution is -2.24. The Labute approximate surface area is 115 Å². The summed E-state index contributed by atoms with van der Waals surface area (Å²) in [7, 11) is 0. The number of unbranched alkanes of at least 4 members (excludes halogenated alkanes) is 1. The van der Waals surface area contributed by atoms with Crippen molar-refractivity contribution in [2.45, 2.75) is 46.0 Å². The number of hydrogen-bond donors (Lipinski definition) is 1. The largest absolute Gasteiger partial charge is 0.316 e. The van der Waals surface area contributed by atoms with Crippen molar-refractivity contribution in [3.63, 3.8) is 0 Å². The van der Waals surface area contributed by atoms with Crippen molar-refractivity contribution in [2.24, 2.45) is 5.92 Å². The van der Waals surface area contributed by atoms with Gasteiger partial charge >= 0.3 is 0 Å². The van der Waals surface area contributed by atoms with Crippen molar-refractivity contribution in [1.82, 2.24) is 5.32 Å². The Morgan fingerprint density at radius 2 is 2.18 bits per heavy atom. The van der Waals surface area contributed by atoms with E-state index < -0.39 is 0 Å². The van der Waals surface area contributed by atoms with E-state index in [1.165, 1.54) is 30.6 Å². The maximum absolute atomic E-state index is 5.90. The third-order valence-electron chi connectivity index (χ3n) is 3.15. The highest BCUT2D eigenvalue weighted by Gasteiger charge is 2.05. The molecule has 1 heterocycles. The van der Waals surface area contributed by atoms with Gasteiger partial charge in [0.15, 0.2) is 0 Å². The minimum atomic E-state index is 0.849. The first-order valence-corrected chi connectivity index (χ1v) is 7.90. The highest BCUT2D eigenvalue weighted by molar-refractivity contribution is 7.16. The quantitative estimate of drug-likeness (QED) is 0.640. The number of nitrogens with one attached hydrogen (secondary N) is 1. The molecule has 1 aromatic heterocycles. The molecule has 0 bridgehead atoms. The van der Waals surface area contributed by atoms with Crippen LogP contribution >= 0.6 is 22.9 Å². The second kappa shape index (κ2) is 8.96. The summed E-state index contributed by atoms with van der Waals surface area (Å²) in [5, 5.41) is 3.57. The van der Waals surface area contributed by atoms with Crippen LogP contribution in [-0.4, -0.2) is 13.1 Å². The Kier molecular flexibility index (Phi) is 7.91. The minimum Gasteiger partial charge on any atom is -0.316 e. The van der Waals surface area contributed by atoms with Crippen LogP contribution in [0.3, 0.4) is 0 Å². The molecule has 1 rings (SSSR count). The van der Waals surface area contributed by atoms with Crippen molar-refractivity contribution in [1.29, 1.82) is 0 Å². The summed E-state index contributed by atoms with van der Waals surface area (Å²) in [6.07, 6.45) is 6.43. The summed E-state index contributed by atoms with van der Waals surface area (Å²) in [5.41, 5.74) is 0. The fraction of sp³-hybridized carbons (Fsp3) is 0.714. The molecule has 0 aliphatic carbocycles. The molecule has 0 amide bonds. The van der Waals surface area contributed by atoms with Crippen LogP contribution < -0.4 is 5.32 Å². The van der Waals surface area contributed by atoms with Gasteiger partial charge in [0.1, 0.15) is 0 Å². The molecule has 1 atom stereocenters. The standard InChI is InChI=1S/C14H24ClNS/c1-3-5-6-12(4-2)11-16-10-9-13-7-8-14(15)17-13/h7-8,12,16H,3-6,9-11H2,1-2H3. The SMILES string of the molecule is CCCCC(CC)CNCCc1ccc(Cl)s1. The Morgan fingerprint density at radius 1 is 1.35 bits per heavy atom. The second-order valence-electron chi connectivity index (χ2n) is 4.58. The highest BCUT2D eigenvalue weighted by atomic mass is 35.5. The predicted molar refractivity (Wildman–Crippen MR) is 79.2 cm³/mol. The molecule has 0 saturated carbocycles. The van der Waals surface area contributed by atoms with Crippen molar-refractivity contribution < 1.29 is 0 Å². The molecule has 0 aromatic carbocycles. The third-order valence-corrected chi connectivity index (χ3v) is 4.44. The molecular weight excluding hydrogens is 250 g/mol. The lowest BCUT2D eigenvalue weighted by Gasteiger charge is -2.14. The van der Waals surface area contributed by atoms with Crippen LogP contribution in [0.1, 0.15) is 44.4 Å². The van der Waals surface area contributed by atoms with Crippen LogP contribution in [0.5, 0.6) is 0 Å². The van der Waals surface area contributed by atoms with Gasteiger partial charge in [-0.15, -0.1) is 11.3 Å². The van der Waals surface area contributed by atoms with Crippen LogP contribution in [-0.2, 0) is 6.42 Å². The number of thiophene rings is 1. The minimum absolute atomic E-state index is 0.849. The van der Waals surface area contributed by atoms with E-state index in [4.69, 9.17) is 11.6 Å². The van der Waals surface area contributed by atoms with Gasteiger partial charge in [0.2, 0.25) is 0 Å². The highest BCUT2D eigenvalue weighted by Crippen LogP contribution is 2.21. The first kappa shape index (κ1) is 15.0. The lowest BCUT2D eigenvalue weighted by molar-refractivity contribution is 0.421. The van der Waals surface area contributed by atoms with Crippen LogP contribution in [0, 0.1) is 5.92 Å². The van der Waals surface area contributed by atoms with Crippen LogP contribution in [0.4, 0.5) is 0 Å². The second-order valence-corrected chi connectivity index (χ2v) is 6.38. The van der Waals surface area contributed by atoms with Crippen LogP contribution in [0.15, 0.2) is 12.1 Å². The lowest BCUT2D eigenvalue weighted by atomic mass is 9.99. The van der Waals surface area contributed by atoms with E-state index in [-0.39, 0.29) is 0 Å². The molecule has 1 N–H and O–H groups in total. The molecule has 17 heavy (non-hydrogen) atoms. The molecule has 0 spiro atoms. The van der Waals surface area contributed by atoms with Gasteiger partial charge in [0, 0.05) is 4.88 Å². The molecule has 0 aliphatic rings. The Balaban J connectivity index is 2.09. The zero-order valence-corrected chi connectivity index (χ0v) is 12.5. The molecule has 0 aliphatic heterocycles. The molecule has 0 fully saturated rings. The van der Waals surface area contributed by atoms with Gasteiger partial charge in [-0.3, -0.25) is 0 Å². The van der Waals surface area contributed by atoms with E-state index in [1.54, 1.807) is 11.3 Å². The summed E-state index contributed by atoms with van der Waals surface area (Å²) in [4.78, 5) is 1.38. The molecule has 0 radical (unpaired) electrons. The van der Waals surface area contributed by atoms with E-state index in [0.717, 1.165) is 29.8 Å². The fourth-order valence-corrected chi connectivity index (χ4v) is 3.03. The Morgan fingerprint density at radius 3 is 2.76 bits per heavy atom. The van der Waals surface area contributed by atoms with E-state index in [0.29, 0.717) is 0 Å². The summed E-state index contributed by atoms with van der Waals surface area (Å²) in [5.74, 6) is 0.849. The zero-order chi connectivity index (χ0) is 12.5. The number of hydrogen-bond acceptors (Lipinski definition) is 2. The molecule has 98 valence electrons. The normalized spacial score (nSPS) is 12.9. The van der Waals surface area contributed by atoms with Gasteiger partial charge in [0.05, 0.1) is 4.34 Å². The van der Waals surface area contributed by atoms with Crippen molar-refractivity contribution in [3.05, 3.63) is 21.3 Å². The molecule has 0 saturated heterocycles. The summed E-state index contributed by atoms with van der Waals surface area (Å²) < 4.78 is 0.898. The predicted octanol–water partition coefficient (Wildman–Crippen LogP) is 4.75. The van der Waals surface area contributed by atoms with Gasteiger partial charge in [-0.1, -0.05) is 44.7 Å². The van der Waals surface area contributed by atoms with Gasteiger partial charge in [-0.2, -0.15) is 0 Å².